The molecule has 3 aliphatic rings. The summed E-state index contributed by atoms with van der Waals surface area (Å²) in [5.74, 6) is 1.91. The standard InChI is InChI=1S/C11H21NO/c1-2-9-8-12-5-3-10(9)7-11(12)4-6-13/h9-11,13H,2-8H2,1H3. The zero-order valence-electron chi connectivity index (χ0n) is 8.58. The van der Waals surface area contributed by atoms with Gasteiger partial charge in [0, 0.05) is 19.2 Å². The van der Waals surface area contributed by atoms with Crippen LogP contribution in [0.15, 0.2) is 0 Å². The average molecular weight is 183 g/mol. The van der Waals surface area contributed by atoms with Crippen molar-refractivity contribution >= 4 is 0 Å². The Morgan fingerprint density at radius 1 is 1.46 bits per heavy atom. The summed E-state index contributed by atoms with van der Waals surface area (Å²) in [7, 11) is 0. The highest BCUT2D eigenvalue weighted by molar-refractivity contribution is 4.91. The van der Waals surface area contributed by atoms with Gasteiger partial charge in [-0.3, -0.25) is 4.90 Å². The van der Waals surface area contributed by atoms with Crippen LogP contribution in [0.25, 0.3) is 0 Å². The molecule has 3 fully saturated rings. The molecule has 0 amide bonds. The second-order valence-electron chi connectivity index (χ2n) is 4.61. The molecule has 3 rings (SSSR count). The van der Waals surface area contributed by atoms with Crippen LogP contribution in [0.3, 0.4) is 0 Å². The largest absolute Gasteiger partial charge is 0.396 e. The number of hydrogen-bond donors (Lipinski definition) is 1. The van der Waals surface area contributed by atoms with Gasteiger partial charge in [-0.1, -0.05) is 13.3 Å². The van der Waals surface area contributed by atoms with Crippen molar-refractivity contribution in [3.8, 4) is 0 Å². The molecule has 0 aromatic carbocycles. The third kappa shape index (κ3) is 1.75. The Bertz CT molecular complexity index is 169. The molecule has 3 heterocycles. The van der Waals surface area contributed by atoms with Gasteiger partial charge >= 0.3 is 0 Å². The summed E-state index contributed by atoms with van der Waals surface area (Å²) in [5.41, 5.74) is 0. The summed E-state index contributed by atoms with van der Waals surface area (Å²) in [6.07, 6.45) is 5.08. The predicted octanol–water partition coefficient (Wildman–Crippen LogP) is 1.49. The van der Waals surface area contributed by atoms with Crippen molar-refractivity contribution in [2.24, 2.45) is 11.8 Å². The summed E-state index contributed by atoms with van der Waals surface area (Å²) >= 11 is 0. The van der Waals surface area contributed by atoms with Gasteiger partial charge in [-0.25, -0.2) is 0 Å². The lowest BCUT2D eigenvalue weighted by atomic mass is 9.74. The molecule has 2 bridgehead atoms. The number of aliphatic hydroxyl groups excluding tert-OH is 1. The number of hydrogen-bond acceptors (Lipinski definition) is 2. The van der Waals surface area contributed by atoms with E-state index in [0.717, 1.165) is 18.3 Å². The van der Waals surface area contributed by atoms with E-state index in [0.29, 0.717) is 12.6 Å². The molecule has 0 aliphatic carbocycles. The van der Waals surface area contributed by atoms with Gasteiger partial charge in [0.1, 0.15) is 0 Å². The molecule has 0 saturated carbocycles. The van der Waals surface area contributed by atoms with Crippen LogP contribution < -0.4 is 0 Å². The predicted molar refractivity (Wildman–Crippen MR) is 53.6 cm³/mol. The third-order valence-electron chi connectivity index (χ3n) is 4.00. The van der Waals surface area contributed by atoms with E-state index >= 15 is 0 Å². The molecule has 2 nitrogen and oxygen atoms in total. The van der Waals surface area contributed by atoms with E-state index in [4.69, 9.17) is 5.11 Å². The Morgan fingerprint density at radius 2 is 2.31 bits per heavy atom. The minimum Gasteiger partial charge on any atom is -0.396 e. The first kappa shape index (κ1) is 9.47. The molecule has 0 radical (unpaired) electrons. The van der Waals surface area contributed by atoms with Gasteiger partial charge in [0.15, 0.2) is 0 Å². The summed E-state index contributed by atoms with van der Waals surface area (Å²) in [6.45, 7) is 5.26. The second-order valence-corrected chi connectivity index (χ2v) is 4.61. The van der Waals surface area contributed by atoms with Crippen LogP contribution in [0.1, 0.15) is 32.6 Å². The maximum atomic E-state index is 8.94. The van der Waals surface area contributed by atoms with E-state index < -0.39 is 0 Å². The van der Waals surface area contributed by atoms with Gasteiger partial charge < -0.3 is 5.11 Å². The Hall–Kier alpha value is -0.0800. The first-order valence-corrected chi connectivity index (χ1v) is 5.70. The van der Waals surface area contributed by atoms with Crippen molar-refractivity contribution in [3.05, 3.63) is 0 Å². The molecule has 0 aromatic heterocycles. The van der Waals surface area contributed by atoms with Gasteiger partial charge in [-0.15, -0.1) is 0 Å². The van der Waals surface area contributed by atoms with Gasteiger partial charge in [-0.05, 0) is 37.6 Å². The average Bonchev–Trinajstić information content (AvgIpc) is 2.19. The van der Waals surface area contributed by atoms with Crippen molar-refractivity contribution in [2.75, 3.05) is 19.7 Å². The van der Waals surface area contributed by atoms with Crippen LogP contribution in [0.4, 0.5) is 0 Å². The van der Waals surface area contributed by atoms with Crippen LogP contribution >= 0.6 is 0 Å². The lowest BCUT2D eigenvalue weighted by Crippen LogP contribution is -2.53. The summed E-state index contributed by atoms with van der Waals surface area (Å²) < 4.78 is 0. The lowest BCUT2D eigenvalue weighted by Gasteiger charge is -2.49. The van der Waals surface area contributed by atoms with Crippen LogP contribution in [0.2, 0.25) is 0 Å². The van der Waals surface area contributed by atoms with Gasteiger partial charge in [-0.2, -0.15) is 0 Å². The Morgan fingerprint density at radius 3 is 2.85 bits per heavy atom. The molecule has 1 N–H and O–H groups in total. The fourth-order valence-electron chi connectivity index (χ4n) is 3.16. The van der Waals surface area contributed by atoms with E-state index in [1.54, 1.807) is 0 Å². The van der Waals surface area contributed by atoms with Crippen LogP contribution in [-0.2, 0) is 0 Å². The fourth-order valence-corrected chi connectivity index (χ4v) is 3.16. The zero-order chi connectivity index (χ0) is 9.26. The van der Waals surface area contributed by atoms with Crippen molar-refractivity contribution in [1.82, 2.24) is 4.90 Å². The quantitative estimate of drug-likeness (QED) is 0.716. The van der Waals surface area contributed by atoms with Crippen molar-refractivity contribution in [1.29, 1.82) is 0 Å². The number of nitrogens with zero attached hydrogens (tertiary/aromatic N) is 1. The molecular weight excluding hydrogens is 162 g/mol. The van der Waals surface area contributed by atoms with Crippen molar-refractivity contribution in [2.45, 2.75) is 38.6 Å². The van der Waals surface area contributed by atoms with E-state index in [1.807, 2.05) is 0 Å². The van der Waals surface area contributed by atoms with Gasteiger partial charge in [0.25, 0.3) is 0 Å². The molecule has 4 atom stereocenters. The van der Waals surface area contributed by atoms with E-state index in [9.17, 15) is 0 Å². The normalized spacial score (nSPS) is 43.8. The third-order valence-corrected chi connectivity index (χ3v) is 4.00. The summed E-state index contributed by atoms with van der Waals surface area (Å²) in [6, 6.07) is 0.701. The first-order chi connectivity index (χ1) is 6.35. The monoisotopic (exact) mass is 183 g/mol. The molecule has 3 aliphatic heterocycles. The number of rotatable bonds is 3. The van der Waals surface area contributed by atoms with Crippen LogP contribution in [-0.4, -0.2) is 35.7 Å². The molecule has 4 unspecified atom stereocenters. The number of aliphatic hydroxyl groups is 1. The van der Waals surface area contributed by atoms with Gasteiger partial charge in [0.2, 0.25) is 0 Å². The molecule has 0 spiro atoms. The van der Waals surface area contributed by atoms with Crippen LogP contribution in [0.5, 0.6) is 0 Å². The molecule has 2 heteroatoms. The van der Waals surface area contributed by atoms with Crippen molar-refractivity contribution < 1.29 is 5.11 Å². The molecular formula is C11H21NO. The highest BCUT2D eigenvalue weighted by atomic mass is 16.3. The minimum atomic E-state index is 0.366. The second kappa shape index (κ2) is 3.97. The maximum absolute atomic E-state index is 8.94. The maximum Gasteiger partial charge on any atom is 0.0445 e. The summed E-state index contributed by atoms with van der Waals surface area (Å²) in [4.78, 5) is 2.60. The number of fused-ring (bicyclic) bond motifs is 3. The molecule has 3 saturated heterocycles. The van der Waals surface area contributed by atoms with E-state index in [1.165, 1.54) is 32.4 Å². The van der Waals surface area contributed by atoms with E-state index in [-0.39, 0.29) is 0 Å². The molecule has 76 valence electrons. The zero-order valence-corrected chi connectivity index (χ0v) is 8.58. The Balaban J connectivity index is 1.95. The van der Waals surface area contributed by atoms with E-state index in [2.05, 4.69) is 11.8 Å². The Kier molecular flexibility index (Phi) is 2.89. The van der Waals surface area contributed by atoms with Gasteiger partial charge in [0.05, 0.1) is 0 Å². The highest BCUT2D eigenvalue weighted by Crippen LogP contribution is 2.38. The lowest BCUT2D eigenvalue weighted by molar-refractivity contribution is -0.00901. The molecule has 0 aromatic rings. The van der Waals surface area contributed by atoms with Crippen molar-refractivity contribution in [3.63, 3.8) is 0 Å². The fraction of sp³-hybridized carbons (Fsp3) is 1.00. The SMILES string of the molecule is CCC1CN2CCC1CC2CCO. The van der Waals surface area contributed by atoms with Crippen LogP contribution in [0, 0.1) is 11.8 Å². The number of piperidine rings is 3. The minimum absolute atomic E-state index is 0.366. The molecule has 13 heavy (non-hydrogen) atoms. The Labute approximate surface area is 80.9 Å². The summed E-state index contributed by atoms with van der Waals surface area (Å²) in [5, 5.41) is 8.94. The first-order valence-electron chi connectivity index (χ1n) is 5.70. The smallest absolute Gasteiger partial charge is 0.0445 e. The highest BCUT2D eigenvalue weighted by Gasteiger charge is 2.38. The topological polar surface area (TPSA) is 23.5 Å².